The molecule has 1 aliphatic carbocycles. The molecule has 1 aliphatic rings. The number of nitrogens with one attached hydrogen (secondary N) is 1. The minimum atomic E-state index is -4.36. The van der Waals surface area contributed by atoms with Crippen molar-refractivity contribution in [2.45, 2.75) is 44.2 Å². The van der Waals surface area contributed by atoms with E-state index in [0.717, 1.165) is 29.2 Å². The average molecular weight is 490 g/mol. The van der Waals surface area contributed by atoms with Gasteiger partial charge in [0.25, 0.3) is 0 Å². The zero-order chi connectivity index (χ0) is 24.5. The van der Waals surface area contributed by atoms with Crippen LogP contribution in [0, 0.1) is 11.8 Å². The summed E-state index contributed by atoms with van der Waals surface area (Å²) in [4.78, 5) is 11.4. The molecule has 2 N–H and O–H groups in total. The number of benzene rings is 3. The molecule has 34 heavy (non-hydrogen) atoms. The van der Waals surface area contributed by atoms with Crippen molar-refractivity contribution in [3.05, 3.63) is 76.8 Å². The van der Waals surface area contributed by atoms with Crippen LogP contribution < -0.4 is 5.32 Å². The first-order chi connectivity index (χ1) is 16.1. The summed E-state index contributed by atoms with van der Waals surface area (Å²) >= 11 is 6.38. The maximum Gasteiger partial charge on any atom is 0.392 e. The maximum atomic E-state index is 13.8. The highest BCUT2D eigenvalue weighted by Gasteiger charge is 2.42. The summed E-state index contributed by atoms with van der Waals surface area (Å²) in [5.41, 5.74) is 1.98. The van der Waals surface area contributed by atoms with Gasteiger partial charge < -0.3 is 10.4 Å². The van der Waals surface area contributed by atoms with Gasteiger partial charge in [0.05, 0.1) is 23.0 Å². The molecule has 0 aliphatic heterocycles. The molecule has 0 bridgehead atoms. The lowest BCUT2D eigenvalue weighted by molar-refractivity contribution is -0.174. The third-order valence-electron chi connectivity index (χ3n) is 6.84. The summed E-state index contributed by atoms with van der Waals surface area (Å²) in [5.74, 6) is -3.07. The molecule has 0 unspecified atom stereocenters. The highest BCUT2D eigenvalue weighted by Crippen LogP contribution is 2.46. The van der Waals surface area contributed by atoms with Crippen molar-refractivity contribution in [3.8, 4) is 0 Å². The van der Waals surface area contributed by atoms with E-state index in [1.807, 2.05) is 42.5 Å². The van der Waals surface area contributed by atoms with Crippen LogP contribution in [0.1, 0.15) is 49.1 Å². The lowest BCUT2D eigenvalue weighted by Gasteiger charge is -2.28. The number of fused-ring (bicyclic) bond motifs is 1. The second-order valence-electron chi connectivity index (χ2n) is 9.21. The first-order valence-electron chi connectivity index (χ1n) is 11.4. The largest absolute Gasteiger partial charge is 0.481 e. The molecule has 3 aromatic rings. The van der Waals surface area contributed by atoms with Crippen molar-refractivity contribution in [2.75, 3.05) is 11.9 Å². The van der Waals surface area contributed by atoms with E-state index < -0.39 is 24.0 Å². The third kappa shape index (κ3) is 5.66. The number of halogens is 4. The average Bonchev–Trinajstić information content (AvgIpc) is 3.63. The van der Waals surface area contributed by atoms with Crippen LogP contribution in [0.5, 0.6) is 0 Å². The topological polar surface area (TPSA) is 49.3 Å². The van der Waals surface area contributed by atoms with Gasteiger partial charge in [0, 0.05) is 12.5 Å². The molecule has 7 heteroatoms. The minimum Gasteiger partial charge on any atom is -0.481 e. The summed E-state index contributed by atoms with van der Waals surface area (Å²) in [7, 11) is 0. The Balaban J connectivity index is 1.61. The fourth-order valence-electron chi connectivity index (χ4n) is 4.62. The van der Waals surface area contributed by atoms with Crippen LogP contribution >= 0.6 is 11.6 Å². The van der Waals surface area contributed by atoms with Gasteiger partial charge in [-0.2, -0.15) is 13.2 Å². The molecule has 0 spiro atoms. The van der Waals surface area contributed by atoms with Gasteiger partial charge in [-0.1, -0.05) is 67.1 Å². The number of rotatable bonds is 9. The van der Waals surface area contributed by atoms with Gasteiger partial charge in [-0.3, -0.25) is 4.79 Å². The molecule has 0 aromatic heterocycles. The lowest BCUT2D eigenvalue weighted by Crippen LogP contribution is -2.30. The molecule has 0 amide bonds. The number of carboxylic acids is 1. The van der Waals surface area contributed by atoms with E-state index in [0.29, 0.717) is 22.2 Å². The Hall–Kier alpha value is -2.73. The number of anilines is 1. The van der Waals surface area contributed by atoms with Gasteiger partial charge in [0.15, 0.2) is 0 Å². The van der Waals surface area contributed by atoms with E-state index in [4.69, 9.17) is 11.6 Å². The normalized spacial score (nSPS) is 16.7. The van der Waals surface area contributed by atoms with Crippen LogP contribution in [0.4, 0.5) is 18.9 Å². The number of carboxylic acid groups (broad SMARTS) is 1. The van der Waals surface area contributed by atoms with E-state index in [1.165, 1.54) is 6.92 Å². The van der Waals surface area contributed by atoms with Crippen molar-refractivity contribution in [2.24, 2.45) is 11.8 Å². The maximum absolute atomic E-state index is 13.8. The Morgan fingerprint density at radius 2 is 1.74 bits per heavy atom. The molecule has 4 rings (SSSR count). The number of aliphatic carboxylic acids is 1. The Kier molecular flexibility index (Phi) is 7.08. The highest BCUT2D eigenvalue weighted by atomic mass is 35.5. The Bertz CT molecular complexity index is 1180. The monoisotopic (exact) mass is 489 g/mol. The van der Waals surface area contributed by atoms with Gasteiger partial charge in [-0.15, -0.1) is 0 Å². The Morgan fingerprint density at radius 1 is 1.06 bits per heavy atom. The van der Waals surface area contributed by atoms with Crippen molar-refractivity contribution in [3.63, 3.8) is 0 Å². The fourth-order valence-corrected chi connectivity index (χ4v) is 4.81. The molecule has 0 radical (unpaired) electrons. The van der Waals surface area contributed by atoms with E-state index in [1.54, 1.807) is 18.2 Å². The fraction of sp³-hybridized carbons (Fsp3) is 0.370. The van der Waals surface area contributed by atoms with E-state index in [-0.39, 0.29) is 18.9 Å². The van der Waals surface area contributed by atoms with Crippen LogP contribution in [0.25, 0.3) is 10.8 Å². The zero-order valence-electron chi connectivity index (χ0n) is 18.8. The smallest absolute Gasteiger partial charge is 0.392 e. The van der Waals surface area contributed by atoms with Crippen LogP contribution in [-0.2, 0) is 4.79 Å². The summed E-state index contributed by atoms with van der Waals surface area (Å²) in [5, 5.41) is 14.7. The summed E-state index contributed by atoms with van der Waals surface area (Å²) in [6, 6.07) is 18.3. The van der Waals surface area contributed by atoms with Gasteiger partial charge >= 0.3 is 12.1 Å². The molecule has 3 nitrogen and oxygen atoms in total. The third-order valence-corrected chi connectivity index (χ3v) is 7.17. The van der Waals surface area contributed by atoms with Gasteiger partial charge in [0.1, 0.15) is 0 Å². The first-order valence-corrected chi connectivity index (χ1v) is 11.8. The number of hydrogen-bond acceptors (Lipinski definition) is 2. The second kappa shape index (κ2) is 9.87. The Labute approximate surface area is 201 Å². The van der Waals surface area contributed by atoms with Gasteiger partial charge in [-0.05, 0) is 58.7 Å². The van der Waals surface area contributed by atoms with Crippen LogP contribution in [0.15, 0.2) is 60.7 Å². The first kappa shape index (κ1) is 24.4. The van der Waals surface area contributed by atoms with Crippen molar-refractivity contribution in [1.29, 1.82) is 0 Å². The molecule has 3 atom stereocenters. The van der Waals surface area contributed by atoms with Crippen molar-refractivity contribution < 1.29 is 23.1 Å². The molecule has 0 heterocycles. The van der Waals surface area contributed by atoms with Crippen molar-refractivity contribution >= 4 is 34.0 Å². The van der Waals surface area contributed by atoms with E-state index in [2.05, 4.69) is 5.32 Å². The molecule has 0 saturated heterocycles. The summed E-state index contributed by atoms with van der Waals surface area (Å²) < 4.78 is 41.3. The van der Waals surface area contributed by atoms with Crippen LogP contribution in [0.3, 0.4) is 0 Å². The van der Waals surface area contributed by atoms with Gasteiger partial charge in [-0.25, -0.2) is 0 Å². The second-order valence-corrected chi connectivity index (χ2v) is 9.61. The highest BCUT2D eigenvalue weighted by molar-refractivity contribution is 6.33. The van der Waals surface area contributed by atoms with E-state index in [9.17, 15) is 23.1 Å². The van der Waals surface area contributed by atoms with Crippen LogP contribution in [0.2, 0.25) is 5.02 Å². The summed E-state index contributed by atoms with van der Waals surface area (Å²) in [6.07, 6.45) is -2.37. The zero-order valence-corrected chi connectivity index (χ0v) is 19.5. The molecular weight excluding hydrogens is 463 g/mol. The predicted octanol–water partition coefficient (Wildman–Crippen LogP) is 7.86. The molecule has 1 saturated carbocycles. The molecular formula is C27H27ClF3NO2. The molecule has 180 valence electrons. The Morgan fingerprint density at radius 3 is 2.38 bits per heavy atom. The van der Waals surface area contributed by atoms with Gasteiger partial charge in [0.2, 0.25) is 0 Å². The lowest BCUT2D eigenvalue weighted by atomic mass is 9.85. The molecule has 3 aromatic carbocycles. The summed E-state index contributed by atoms with van der Waals surface area (Å²) in [6.45, 7) is 1.24. The standard InChI is InChI=1S/C27H27ClF3NO2/c1-16(27(29,30)31)23(20-9-6-17-4-2-3-5-19(17)12-20)15-32-25-13-21(10-11-24(25)28)22(14-26(33)34)18-7-8-18/h2-6,9-13,16,18,22-23,32H,7-8,14-15H2,1H3,(H,33,34)/t16-,22+,23-/m1/s1. The van der Waals surface area contributed by atoms with Crippen LogP contribution in [-0.4, -0.2) is 23.8 Å². The van der Waals surface area contributed by atoms with Crippen molar-refractivity contribution in [1.82, 2.24) is 0 Å². The molecule has 1 fully saturated rings. The SMILES string of the molecule is C[C@H]([C@@H](CNc1cc([C@@H](CC(=O)O)C2CC2)ccc1Cl)c1ccc2ccccc2c1)C(F)(F)F. The van der Waals surface area contributed by atoms with E-state index >= 15 is 0 Å². The minimum absolute atomic E-state index is 0.0244. The number of alkyl halides is 3. The number of carbonyl (C=O) groups is 1. The predicted molar refractivity (Wildman–Crippen MR) is 130 cm³/mol. The number of hydrogen-bond donors (Lipinski definition) is 2. The quantitative estimate of drug-likeness (QED) is 0.321.